The lowest BCUT2D eigenvalue weighted by Gasteiger charge is -2.32. The van der Waals surface area contributed by atoms with Gasteiger partial charge >= 0.3 is 6.09 Å². The molecule has 7 heteroatoms. The summed E-state index contributed by atoms with van der Waals surface area (Å²) < 4.78 is 12.2. The first kappa shape index (κ1) is 17.5. The van der Waals surface area contributed by atoms with Gasteiger partial charge in [-0.25, -0.2) is 9.78 Å². The second-order valence-electron chi connectivity index (χ2n) is 7.03. The van der Waals surface area contributed by atoms with Gasteiger partial charge in [0.25, 0.3) is 0 Å². The number of piperidine rings is 1. The number of halogens is 2. The fourth-order valence-electron chi connectivity index (χ4n) is 2.79. The number of ether oxygens (including phenoxy) is 1. The number of benzene rings is 1. The third-order valence-electron chi connectivity index (χ3n) is 3.92. The summed E-state index contributed by atoms with van der Waals surface area (Å²) in [6.07, 6.45) is 1.33. The minimum absolute atomic E-state index is 0.186. The molecule has 0 bridgehead atoms. The highest BCUT2D eigenvalue weighted by atomic mass is 79.9. The van der Waals surface area contributed by atoms with Crippen molar-refractivity contribution in [3.63, 3.8) is 0 Å². The molecule has 0 N–H and O–H groups in total. The van der Waals surface area contributed by atoms with Gasteiger partial charge in [0.1, 0.15) is 11.1 Å². The molecule has 0 atom stereocenters. The minimum Gasteiger partial charge on any atom is -0.444 e. The van der Waals surface area contributed by atoms with Crippen LogP contribution in [0.4, 0.5) is 4.79 Å². The number of fused-ring (bicyclic) bond motifs is 1. The molecule has 1 aromatic heterocycles. The van der Waals surface area contributed by atoms with Crippen molar-refractivity contribution in [1.82, 2.24) is 9.88 Å². The standard InChI is InChI=1S/C17H20BrClN2O3/c1-17(2,3)24-16(22)21-6-4-10(5-7-21)15-20-13-9-11(18)8-12(19)14(13)23-15/h8-10H,4-7H2,1-3H3. The minimum atomic E-state index is -0.474. The van der Waals surface area contributed by atoms with Crippen molar-refractivity contribution in [3.05, 3.63) is 27.5 Å². The van der Waals surface area contributed by atoms with Crippen LogP contribution in [0.3, 0.4) is 0 Å². The van der Waals surface area contributed by atoms with Crippen molar-refractivity contribution in [2.75, 3.05) is 13.1 Å². The summed E-state index contributed by atoms with van der Waals surface area (Å²) in [5.74, 6) is 0.875. The first-order valence-corrected chi connectivity index (χ1v) is 9.13. The Hall–Kier alpha value is -1.27. The molecule has 0 saturated carbocycles. The van der Waals surface area contributed by atoms with Crippen LogP contribution in [0, 0.1) is 0 Å². The van der Waals surface area contributed by atoms with Crippen LogP contribution in [0.15, 0.2) is 21.0 Å². The monoisotopic (exact) mass is 414 g/mol. The van der Waals surface area contributed by atoms with Gasteiger partial charge in [0.2, 0.25) is 0 Å². The smallest absolute Gasteiger partial charge is 0.410 e. The van der Waals surface area contributed by atoms with Gasteiger partial charge < -0.3 is 14.1 Å². The highest BCUT2D eigenvalue weighted by Crippen LogP contribution is 2.34. The molecule has 0 radical (unpaired) electrons. The second kappa shape index (κ2) is 6.56. The topological polar surface area (TPSA) is 55.6 Å². The van der Waals surface area contributed by atoms with Crippen molar-refractivity contribution in [1.29, 1.82) is 0 Å². The first-order valence-electron chi connectivity index (χ1n) is 7.96. The van der Waals surface area contributed by atoms with Gasteiger partial charge in [-0.05, 0) is 45.7 Å². The predicted octanol–water partition coefficient (Wildman–Crippen LogP) is 5.36. The number of oxazole rings is 1. The van der Waals surface area contributed by atoms with E-state index in [-0.39, 0.29) is 12.0 Å². The molecule has 0 aliphatic carbocycles. The van der Waals surface area contributed by atoms with Crippen LogP contribution in [0.25, 0.3) is 11.1 Å². The number of carbonyl (C=O) groups is 1. The van der Waals surface area contributed by atoms with E-state index in [1.807, 2.05) is 26.8 Å². The molecule has 0 spiro atoms. The fourth-order valence-corrected chi connectivity index (χ4v) is 3.62. The summed E-state index contributed by atoms with van der Waals surface area (Å²) in [6, 6.07) is 3.69. The van der Waals surface area contributed by atoms with Crippen LogP contribution in [0.5, 0.6) is 0 Å². The molecular formula is C17H20BrClN2O3. The van der Waals surface area contributed by atoms with Gasteiger partial charge in [0, 0.05) is 23.5 Å². The molecule has 2 aromatic rings. The molecule has 0 unspecified atom stereocenters. The van der Waals surface area contributed by atoms with E-state index in [2.05, 4.69) is 20.9 Å². The number of carbonyl (C=O) groups excluding carboxylic acids is 1. The Morgan fingerprint density at radius 2 is 2.04 bits per heavy atom. The van der Waals surface area contributed by atoms with Crippen molar-refractivity contribution in [2.45, 2.75) is 45.1 Å². The third-order valence-corrected chi connectivity index (χ3v) is 4.66. The third kappa shape index (κ3) is 3.86. The normalized spacial score (nSPS) is 16.6. The highest BCUT2D eigenvalue weighted by Gasteiger charge is 2.29. The number of amides is 1. The van der Waals surface area contributed by atoms with E-state index in [1.54, 1.807) is 11.0 Å². The Morgan fingerprint density at radius 3 is 2.67 bits per heavy atom. The van der Waals surface area contributed by atoms with Crippen LogP contribution < -0.4 is 0 Å². The van der Waals surface area contributed by atoms with Crippen LogP contribution in [0.2, 0.25) is 5.02 Å². The number of hydrogen-bond donors (Lipinski definition) is 0. The second-order valence-corrected chi connectivity index (χ2v) is 8.35. The predicted molar refractivity (Wildman–Crippen MR) is 96.5 cm³/mol. The molecule has 1 saturated heterocycles. The van der Waals surface area contributed by atoms with Crippen molar-refractivity contribution < 1.29 is 13.9 Å². The van der Waals surface area contributed by atoms with Gasteiger partial charge in [0.05, 0.1) is 5.02 Å². The lowest BCUT2D eigenvalue weighted by Crippen LogP contribution is -2.41. The van der Waals surface area contributed by atoms with E-state index < -0.39 is 5.60 Å². The summed E-state index contributed by atoms with van der Waals surface area (Å²) in [4.78, 5) is 18.4. The number of aromatic nitrogens is 1. The van der Waals surface area contributed by atoms with Gasteiger partial charge in [-0.15, -0.1) is 0 Å². The summed E-state index contributed by atoms with van der Waals surface area (Å²) in [7, 11) is 0. The Morgan fingerprint density at radius 1 is 1.38 bits per heavy atom. The van der Waals surface area contributed by atoms with E-state index in [1.165, 1.54) is 0 Å². The van der Waals surface area contributed by atoms with Crippen LogP contribution in [-0.4, -0.2) is 34.7 Å². The molecule has 1 fully saturated rings. The Labute approximate surface area is 154 Å². The number of rotatable bonds is 1. The zero-order chi connectivity index (χ0) is 17.5. The number of nitrogens with zero attached hydrogens (tertiary/aromatic N) is 2. The molecule has 1 aliphatic heterocycles. The molecule has 130 valence electrons. The van der Waals surface area contributed by atoms with E-state index >= 15 is 0 Å². The molecule has 2 heterocycles. The summed E-state index contributed by atoms with van der Waals surface area (Å²) in [6.45, 7) is 6.89. The maximum absolute atomic E-state index is 12.1. The van der Waals surface area contributed by atoms with E-state index in [9.17, 15) is 4.79 Å². The van der Waals surface area contributed by atoms with Crippen LogP contribution >= 0.6 is 27.5 Å². The summed E-state index contributed by atoms with van der Waals surface area (Å²) >= 11 is 9.62. The van der Waals surface area contributed by atoms with E-state index in [4.69, 9.17) is 20.8 Å². The molecule has 1 aromatic carbocycles. The van der Waals surface area contributed by atoms with Gasteiger partial charge in [-0.1, -0.05) is 27.5 Å². The van der Waals surface area contributed by atoms with Crippen molar-refractivity contribution in [3.8, 4) is 0 Å². The maximum atomic E-state index is 12.1. The molecule has 5 nitrogen and oxygen atoms in total. The van der Waals surface area contributed by atoms with Gasteiger partial charge in [0.15, 0.2) is 11.5 Å². The maximum Gasteiger partial charge on any atom is 0.410 e. The molecule has 1 aliphatic rings. The van der Waals surface area contributed by atoms with Gasteiger partial charge in [-0.3, -0.25) is 0 Å². The van der Waals surface area contributed by atoms with Gasteiger partial charge in [-0.2, -0.15) is 0 Å². The zero-order valence-corrected chi connectivity index (χ0v) is 16.3. The average Bonchev–Trinajstić information content (AvgIpc) is 2.90. The Bertz CT molecular complexity index is 761. The highest BCUT2D eigenvalue weighted by molar-refractivity contribution is 9.10. The quantitative estimate of drug-likeness (QED) is 0.629. The Kier molecular flexibility index (Phi) is 4.80. The molecular weight excluding hydrogens is 396 g/mol. The van der Waals surface area contributed by atoms with E-state index in [0.717, 1.165) is 22.8 Å². The lowest BCUT2D eigenvalue weighted by molar-refractivity contribution is 0.0199. The Balaban J connectivity index is 1.69. The van der Waals surface area contributed by atoms with Crippen LogP contribution in [-0.2, 0) is 4.74 Å². The lowest BCUT2D eigenvalue weighted by atomic mass is 9.97. The van der Waals surface area contributed by atoms with Crippen molar-refractivity contribution in [2.24, 2.45) is 0 Å². The number of likely N-dealkylation sites (tertiary alicyclic amines) is 1. The number of hydrogen-bond acceptors (Lipinski definition) is 4. The largest absolute Gasteiger partial charge is 0.444 e. The van der Waals surface area contributed by atoms with Crippen LogP contribution in [0.1, 0.15) is 45.4 Å². The van der Waals surface area contributed by atoms with Crippen molar-refractivity contribution >= 4 is 44.7 Å². The summed E-state index contributed by atoms with van der Waals surface area (Å²) in [5, 5.41) is 0.546. The molecule has 24 heavy (non-hydrogen) atoms. The van der Waals surface area contributed by atoms with E-state index in [0.29, 0.717) is 29.6 Å². The fraction of sp³-hybridized carbons (Fsp3) is 0.529. The molecule has 3 rings (SSSR count). The first-order chi connectivity index (χ1) is 11.2. The molecule has 1 amide bonds. The SMILES string of the molecule is CC(C)(C)OC(=O)N1CCC(c2nc3cc(Br)cc(Cl)c3o2)CC1. The average molecular weight is 416 g/mol. The zero-order valence-electron chi connectivity index (χ0n) is 13.9. The summed E-state index contributed by atoms with van der Waals surface area (Å²) in [5.41, 5.74) is 0.890.